The number of fused-ring (bicyclic) bond motifs is 2. The molecule has 8 N–H and O–H groups in total. The van der Waals surface area contributed by atoms with Crippen LogP contribution in [0.5, 0.6) is 0 Å². The fourth-order valence-corrected chi connectivity index (χ4v) is 6.62. The molecule has 0 atom stereocenters. The number of aromatic carboxylic acids is 1. The van der Waals surface area contributed by atoms with Gasteiger partial charge in [-0.15, -0.1) is 0 Å². The summed E-state index contributed by atoms with van der Waals surface area (Å²) in [5.74, 6) is -2.71. The molecule has 13 nitrogen and oxygen atoms in total. The van der Waals surface area contributed by atoms with Crippen molar-refractivity contribution in [3.8, 4) is 0 Å². The molecule has 0 spiro atoms. The van der Waals surface area contributed by atoms with E-state index in [1.165, 1.54) is 60.9 Å². The van der Waals surface area contributed by atoms with Crippen LogP contribution in [-0.2, 0) is 10.0 Å². The summed E-state index contributed by atoms with van der Waals surface area (Å²) in [6, 6.07) is 16.7. The van der Waals surface area contributed by atoms with Crippen LogP contribution in [0, 0.1) is 23.3 Å². The van der Waals surface area contributed by atoms with Crippen molar-refractivity contribution in [3.05, 3.63) is 144 Å². The van der Waals surface area contributed by atoms with E-state index in [1.54, 1.807) is 12.1 Å². The molecule has 0 bridgehead atoms. The molecule has 0 saturated heterocycles. The van der Waals surface area contributed by atoms with Gasteiger partial charge >= 0.3 is 5.97 Å². The number of carboxylic acids is 1. The average molecular weight is 1030 g/mol. The van der Waals surface area contributed by atoms with Crippen molar-refractivity contribution < 1.29 is 40.7 Å². The third kappa shape index (κ3) is 12.6. The molecule has 0 aliphatic rings. The Balaban J connectivity index is 0.000000182. The lowest BCUT2D eigenvalue weighted by molar-refractivity contribution is 0.0697. The van der Waals surface area contributed by atoms with Crippen LogP contribution in [0.15, 0.2) is 110 Å². The van der Waals surface area contributed by atoms with Crippen LogP contribution >= 0.6 is 59.4 Å². The van der Waals surface area contributed by atoms with Crippen LogP contribution in [0.3, 0.4) is 0 Å². The molecule has 0 aliphatic carbocycles. The Morgan fingerprint density at radius 3 is 1.81 bits per heavy atom. The molecule has 0 aliphatic heterocycles. The molecular weight excluding hydrogens is 1010 g/mol. The minimum Gasteiger partial charge on any atom is -0.478 e. The summed E-state index contributed by atoms with van der Waals surface area (Å²) in [5.41, 5.74) is 12.7. The summed E-state index contributed by atoms with van der Waals surface area (Å²) in [5, 5.41) is 17.8. The van der Waals surface area contributed by atoms with E-state index in [9.17, 15) is 35.6 Å². The first kappa shape index (κ1) is 45.4. The summed E-state index contributed by atoms with van der Waals surface area (Å²) in [4.78, 5) is 36.7. The average Bonchev–Trinajstić information content (AvgIpc) is 3.15. The van der Waals surface area contributed by atoms with Crippen LogP contribution in [0.25, 0.3) is 21.8 Å². The normalized spacial score (nSPS) is 10.6. The zero-order valence-electron chi connectivity index (χ0n) is 28.8. The van der Waals surface area contributed by atoms with Crippen molar-refractivity contribution in [1.29, 1.82) is 0 Å². The number of nitrogens with one attached hydrogen (secondary N) is 1. The molecular formula is C36H24Br3ClF4N8O5S. The number of carbonyl (C=O) groups excluding carboxylic acids is 1. The van der Waals surface area contributed by atoms with Crippen molar-refractivity contribution in [2.24, 2.45) is 5.14 Å². The van der Waals surface area contributed by atoms with Gasteiger partial charge in [-0.1, -0.05) is 0 Å². The highest BCUT2D eigenvalue weighted by molar-refractivity contribution is 9.11. The van der Waals surface area contributed by atoms with Gasteiger partial charge in [0.25, 0.3) is 0 Å². The van der Waals surface area contributed by atoms with E-state index in [-0.39, 0.29) is 44.3 Å². The molecule has 0 amide bonds. The number of halogens is 8. The molecule has 0 radical (unpaired) electrons. The molecule has 2 aromatic heterocycles. The SMILES string of the molecule is Fc1cc(Br)c2nc(Cl)ncc2c1.NS(=O)(=O)c1ccc(Nc2ncc3cc(F)cc(Br)c3n2)cc1.Nc1c(Br)cc(F)cc1C=O.Nc1ccc(F)cc1C(=O)O. The summed E-state index contributed by atoms with van der Waals surface area (Å²) in [7, 11) is -3.73. The van der Waals surface area contributed by atoms with Gasteiger partial charge in [-0.05, 0) is 138 Å². The van der Waals surface area contributed by atoms with E-state index >= 15 is 0 Å². The van der Waals surface area contributed by atoms with Gasteiger partial charge in [-0.3, -0.25) is 4.79 Å². The molecule has 22 heteroatoms. The summed E-state index contributed by atoms with van der Waals surface area (Å²) < 4.78 is 75.1. The van der Waals surface area contributed by atoms with Gasteiger partial charge in [0.05, 0.1) is 27.2 Å². The number of nitrogens with two attached hydrogens (primary N) is 3. The van der Waals surface area contributed by atoms with E-state index in [4.69, 9.17) is 33.3 Å². The van der Waals surface area contributed by atoms with E-state index in [0.29, 0.717) is 53.1 Å². The number of nitrogen functional groups attached to an aromatic ring is 2. The lowest BCUT2D eigenvalue weighted by Crippen LogP contribution is -2.11. The Hall–Kier alpha value is -5.32. The Morgan fingerprint density at radius 1 is 0.741 bits per heavy atom. The second kappa shape index (κ2) is 19.9. The smallest absolute Gasteiger partial charge is 0.337 e. The van der Waals surface area contributed by atoms with Gasteiger partial charge in [-0.2, -0.15) is 0 Å². The second-order valence-corrected chi connectivity index (χ2v) is 15.7. The van der Waals surface area contributed by atoms with Crippen LogP contribution in [0.1, 0.15) is 20.7 Å². The third-order valence-corrected chi connectivity index (χ3v) is 10.1. The maximum atomic E-state index is 13.3. The second-order valence-electron chi connectivity index (χ2n) is 11.2. The zero-order valence-corrected chi connectivity index (χ0v) is 35.1. The van der Waals surface area contributed by atoms with Crippen LogP contribution in [-0.4, -0.2) is 45.7 Å². The molecule has 2 heterocycles. The maximum absolute atomic E-state index is 13.3. The van der Waals surface area contributed by atoms with E-state index < -0.39 is 27.6 Å². The van der Waals surface area contributed by atoms with Crippen molar-refractivity contribution >= 4 is 126 Å². The number of aldehydes is 1. The van der Waals surface area contributed by atoms with Crippen molar-refractivity contribution in [2.75, 3.05) is 16.8 Å². The van der Waals surface area contributed by atoms with E-state index in [0.717, 1.165) is 18.2 Å². The third-order valence-electron chi connectivity index (χ3n) is 7.11. The first-order valence-corrected chi connectivity index (χ1v) is 19.8. The molecule has 7 rings (SSSR count). The van der Waals surface area contributed by atoms with Crippen molar-refractivity contribution in [2.45, 2.75) is 4.90 Å². The summed E-state index contributed by atoms with van der Waals surface area (Å²) in [6.07, 6.45) is 3.50. The van der Waals surface area contributed by atoms with E-state index in [2.05, 4.69) is 73.0 Å². The minimum atomic E-state index is -3.73. The molecule has 300 valence electrons. The largest absolute Gasteiger partial charge is 0.478 e. The number of carboxylic acid groups (broad SMARTS) is 1. The lowest BCUT2D eigenvalue weighted by Gasteiger charge is -2.07. The fourth-order valence-electron chi connectivity index (χ4n) is 4.45. The summed E-state index contributed by atoms with van der Waals surface area (Å²) >= 11 is 15.1. The molecule has 58 heavy (non-hydrogen) atoms. The first-order chi connectivity index (χ1) is 27.2. The number of nitrogens with zero attached hydrogens (tertiary/aromatic N) is 4. The van der Waals surface area contributed by atoms with Gasteiger partial charge in [0, 0.05) is 53.5 Å². The van der Waals surface area contributed by atoms with Gasteiger partial charge in [0.15, 0.2) is 6.29 Å². The topological polar surface area (TPSA) is 230 Å². The monoisotopic (exact) mass is 1030 g/mol. The number of rotatable bonds is 5. The van der Waals surface area contributed by atoms with Crippen molar-refractivity contribution in [3.63, 3.8) is 0 Å². The van der Waals surface area contributed by atoms with Crippen LogP contribution in [0.2, 0.25) is 5.28 Å². The number of anilines is 4. The Morgan fingerprint density at radius 2 is 1.28 bits per heavy atom. The number of hydrogen-bond acceptors (Lipinski definition) is 11. The number of primary sulfonamides is 1. The molecule has 0 saturated carbocycles. The van der Waals surface area contributed by atoms with Crippen LogP contribution in [0.4, 0.5) is 40.6 Å². The van der Waals surface area contributed by atoms with Gasteiger partial charge in [0.1, 0.15) is 23.3 Å². The number of sulfonamides is 1. The lowest BCUT2D eigenvalue weighted by atomic mass is 10.2. The molecule has 0 fully saturated rings. The Bertz CT molecular complexity index is 2780. The molecule has 5 aromatic carbocycles. The van der Waals surface area contributed by atoms with Gasteiger partial charge < -0.3 is 21.9 Å². The van der Waals surface area contributed by atoms with Crippen molar-refractivity contribution in [1.82, 2.24) is 19.9 Å². The predicted octanol–water partition coefficient (Wildman–Crippen LogP) is 9.20. The van der Waals surface area contributed by atoms with Crippen LogP contribution < -0.4 is 21.9 Å². The quantitative estimate of drug-likeness (QED) is 0.0470. The molecule has 7 aromatic rings. The van der Waals surface area contributed by atoms with E-state index in [1.807, 2.05) is 0 Å². The first-order valence-electron chi connectivity index (χ1n) is 15.5. The number of aromatic nitrogens is 4. The highest BCUT2D eigenvalue weighted by Gasteiger charge is 2.10. The van der Waals surface area contributed by atoms with Gasteiger partial charge in [-0.25, -0.2) is 55.8 Å². The number of benzene rings is 5. The minimum absolute atomic E-state index is 0.0145. The standard InChI is InChI=1S/C14H10BrFN4O2S.C8H3BrClFN2.C7H5BrFNO.C7H6FNO2/c15-12-6-9(16)5-8-7-18-14(20-13(8)12)19-10-1-3-11(4-2-10)23(17,21)22;9-6-2-5(11)1-4-3-12-8(10)13-7(4)6;8-6-2-5(9)1-4(3-11)7(6)10;8-4-1-2-6(9)5(3-4)7(10)11/h1-7H,(H2,17,21,22)(H,18,19,20);1-3H;1-3H,10H2;1-3H,9H2,(H,10,11). The highest BCUT2D eigenvalue weighted by Crippen LogP contribution is 2.27. The number of carbonyl (C=O) groups is 2. The number of hydrogen-bond donors (Lipinski definition) is 5. The Kier molecular flexibility index (Phi) is 15.6. The summed E-state index contributed by atoms with van der Waals surface area (Å²) in [6.45, 7) is 0. The van der Waals surface area contributed by atoms with Gasteiger partial charge in [0.2, 0.25) is 21.3 Å². The predicted molar refractivity (Wildman–Crippen MR) is 222 cm³/mol. The zero-order chi connectivity index (χ0) is 42.9. The maximum Gasteiger partial charge on any atom is 0.337 e. The highest BCUT2D eigenvalue weighted by atomic mass is 79.9. The molecule has 0 unspecified atom stereocenters. The fraction of sp³-hybridized carbons (Fsp3) is 0. The Labute approximate surface area is 356 Å².